The first-order valence-corrected chi connectivity index (χ1v) is 4.87. The summed E-state index contributed by atoms with van der Waals surface area (Å²) in [5, 5.41) is 18.1. The second-order valence-corrected chi connectivity index (χ2v) is 3.17. The van der Waals surface area contributed by atoms with Gasteiger partial charge in [-0.25, -0.2) is 0 Å². The molecule has 0 saturated carbocycles. The smallest absolute Gasteiger partial charge is 0.308 e. The van der Waals surface area contributed by atoms with Crippen molar-refractivity contribution in [3.63, 3.8) is 0 Å². The largest absolute Gasteiger partial charge is 0.466 e. The number of carbonyl (C=O) groups is 1. The third-order valence-electron chi connectivity index (χ3n) is 1.83. The van der Waals surface area contributed by atoms with E-state index in [4.69, 9.17) is 14.9 Å². The zero-order valence-corrected chi connectivity index (χ0v) is 8.76. The quantitative estimate of drug-likeness (QED) is 0.356. The summed E-state index contributed by atoms with van der Waals surface area (Å²) in [5.41, 5.74) is 0. The lowest BCUT2D eigenvalue weighted by atomic mass is 10.2. The molecule has 0 bridgehead atoms. The second kappa shape index (κ2) is 8.20. The van der Waals surface area contributed by atoms with Gasteiger partial charge in [-0.3, -0.25) is 4.79 Å². The predicted molar refractivity (Wildman–Crippen MR) is 57.2 cm³/mol. The third-order valence-corrected chi connectivity index (χ3v) is 1.83. The molecule has 0 aromatic carbocycles. The summed E-state index contributed by atoms with van der Waals surface area (Å²) >= 11 is 0. The molecule has 0 radical (unpaired) electrons. The lowest BCUT2D eigenvalue weighted by Crippen LogP contribution is -2.14. The molecular weight excluding hydrogens is 196 g/mol. The summed E-state index contributed by atoms with van der Waals surface area (Å²) < 4.78 is 4.82. The van der Waals surface area contributed by atoms with E-state index in [1.807, 2.05) is 0 Å². The molecule has 0 aromatic heterocycles. The van der Waals surface area contributed by atoms with Gasteiger partial charge in [0.25, 0.3) is 0 Å². The number of hydrogen-bond acceptors (Lipinski definition) is 4. The van der Waals surface area contributed by atoms with Gasteiger partial charge in [0, 0.05) is 0 Å². The van der Waals surface area contributed by atoms with Gasteiger partial charge in [0.15, 0.2) is 0 Å². The Morgan fingerprint density at radius 1 is 1.27 bits per heavy atom. The van der Waals surface area contributed by atoms with Crippen LogP contribution in [0, 0.1) is 0 Å². The maximum atomic E-state index is 11.0. The van der Waals surface area contributed by atoms with Crippen LogP contribution in [0.15, 0.2) is 25.3 Å². The van der Waals surface area contributed by atoms with Crippen LogP contribution in [0.25, 0.3) is 0 Å². The molecule has 4 heteroatoms. The highest BCUT2D eigenvalue weighted by Crippen LogP contribution is 2.00. The molecule has 2 atom stereocenters. The molecule has 86 valence electrons. The van der Waals surface area contributed by atoms with Crippen LogP contribution in [-0.4, -0.2) is 35.0 Å². The maximum Gasteiger partial charge on any atom is 0.308 e. The number of esters is 1. The molecule has 0 aromatic rings. The first kappa shape index (κ1) is 13.9. The van der Waals surface area contributed by atoms with Crippen molar-refractivity contribution in [2.45, 2.75) is 31.5 Å². The first-order valence-electron chi connectivity index (χ1n) is 4.87. The highest BCUT2D eigenvalue weighted by molar-refractivity contribution is 5.70. The Bertz CT molecular complexity index is 213. The van der Waals surface area contributed by atoms with Crippen LogP contribution in [0.4, 0.5) is 0 Å². The van der Waals surface area contributed by atoms with Crippen LogP contribution < -0.4 is 0 Å². The van der Waals surface area contributed by atoms with Crippen molar-refractivity contribution in [1.29, 1.82) is 0 Å². The fraction of sp³-hybridized carbons (Fsp3) is 0.545. The van der Waals surface area contributed by atoms with Gasteiger partial charge in [-0.05, 0) is 12.8 Å². The van der Waals surface area contributed by atoms with Crippen LogP contribution in [0.5, 0.6) is 0 Å². The van der Waals surface area contributed by atoms with Crippen molar-refractivity contribution >= 4 is 5.97 Å². The molecule has 0 unspecified atom stereocenters. The zero-order valence-electron chi connectivity index (χ0n) is 8.76. The SMILES string of the molecule is C=C[C@@H](O)CC(=O)OCCC[C@@H](O)C=C. The monoisotopic (exact) mass is 214 g/mol. The lowest BCUT2D eigenvalue weighted by Gasteiger charge is -2.07. The van der Waals surface area contributed by atoms with Gasteiger partial charge in [-0.15, -0.1) is 13.2 Å². The van der Waals surface area contributed by atoms with Gasteiger partial charge in [-0.2, -0.15) is 0 Å². The number of aliphatic hydroxyl groups excluding tert-OH is 2. The summed E-state index contributed by atoms with van der Waals surface area (Å²) in [7, 11) is 0. The normalized spacial score (nSPS) is 14.0. The number of aliphatic hydroxyl groups is 2. The van der Waals surface area contributed by atoms with Crippen molar-refractivity contribution < 1.29 is 19.7 Å². The Labute approximate surface area is 89.9 Å². The Morgan fingerprint density at radius 3 is 2.40 bits per heavy atom. The van der Waals surface area contributed by atoms with Crippen LogP contribution >= 0.6 is 0 Å². The second-order valence-electron chi connectivity index (χ2n) is 3.17. The molecule has 0 spiro atoms. The van der Waals surface area contributed by atoms with Crippen LogP contribution in [0.2, 0.25) is 0 Å². The third kappa shape index (κ3) is 7.90. The molecule has 0 heterocycles. The minimum absolute atomic E-state index is 0.0759. The Balaban J connectivity index is 3.47. The van der Waals surface area contributed by atoms with E-state index in [1.54, 1.807) is 0 Å². The number of rotatable bonds is 8. The van der Waals surface area contributed by atoms with Gasteiger partial charge in [0.1, 0.15) is 0 Å². The van der Waals surface area contributed by atoms with E-state index in [0.717, 1.165) is 0 Å². The molecule has 0 rings (SSSR count). The van der Waals surface area contributed by atoms with Crippen molar-refractivity contribution in [2.75, 3.05) is 6.61 Å². The first-order chi connectivity index (χ1) is 7.10. The van der Waals surface area contributed by atoms with E-state index in [9.17, 15) is 4.79 Å². The van der Waals surface area contributed by atoms with Gasteiger partial charge in [0.05, 0.1) is 25.2 Å². The lowest BCUT2D eigenvalue weighted by molar-refractivity contribution is -0.145. The van der Waals surface area contributed by atoms with Crippen LogP contribution in [0.3, 0.4) is 0 Å². The number of ether oxygens (including phenoxy) is 1. The summed E-state index contributed by atoms with van der Waals surface area (Å²) in [5.74, 6) is -0.463. The summed E-state index contributed by atoms with van der Waals surface area (Å²) in [4.78, 5) is 11.0. The van der Waals surface area contributed by atoms with Crippen molar-refractivity contribution in [1.82, 2.24) is 0 Å². The predicted octanol–water partition coefficient (Wildman–Crippen LogP) is 0.794. The molecule has 0 aliphatic heterocycles. The fourth-order valence-electron chi connectivity index (χ4n) is 0.909. The van der Waals surface area contributed by atoms with Gasteiger partial charge < -0.3 is 14.9 Å². The van der Waals surface area contributed by atoms with E-state index in [2.05, 4.69) is 13.2 Å². The van der Waals surface area contributed by atoms with Gasteiger partial charge in [-0.1, -0.05) is 12.2 Å². The summed E-state index contributed by atoms with van der Waals surface area (Å²) in [6.07, 6.45) is 2.32. The Morgan fingerprint density at radius 2 is 1.87 bits per heavy atom. The highest BCUT2D eigenvalue weighted by Gasteiger charge is 2.08. The minimum Gasteiger partial charge on any atom is -0.466 e. The Hall–Kier alpha value is -1.13. The van der Waals surface area contributed by atoms with Crippen molar-refractivity contribution in [2.24, 2.45) is 0 Å². The standard InChI is InChI=1S/C11H18O4/c1-3-9(12)6-5-7-15-11(14)8-10(13)4-2/h3-4,9-10,12-13H,1-2,5-8H2/t9-,10+/m0/s1. The number of hydrogen-bond donors (Lipinski definition) is 2. The molecule has 4 nitrogen and oxygen atoms in total. The van der Waals surface area contributed by atoms with Crippen molar-refractivity contribution in [3.05, 3.63) is 25.3 Å². The van der Waals surface area contributed by atoms with E-state index in [1.165, 1.54) is 12.2 Å². The molecule has 2 N–H and O–H groups in total. The van der Waals surface area contributed by atoms with E-state index in [0.29, 0.717) is 12.8 Å². The van der Waals surface area contributed by atoms with Crippen LogP contribution in [-0.2, 0) is 9.53 Å². The molecule has 0 fully saturated rings. The Kier molecular flexibility index (Phi) is 7.58. The zero-order chi connectivity index (χ0) is 11.7. The molecular formula is C11H18O4. The van der Waals surface area contributed by atoms with Crippen molar-refractivity contribution in [3.8, 4) is 0 Å². The summed E-state index contributed by atoms with van der Waals surface area (Å²) in [6, 6.07) is 0. The van der Waals surface area contributed by atoms with E-state index >= 15 is 0 Å². The molecule has 15 heavy (non-hydrogen) atoms. The highest BCUT2D eigenvalue weighted by atomic mass is 16.5. The fourth-order valence-corrected chi connectivity index (χ4v) is 0.909. The van der Waals surface area contributed by atoms with E-state index in [-0.39, 0.29) is 13.0 Å². The van der Waals surface area contributed by atoms with E-state index < -0.39 is 18.2 Å². The minimum atomic E-state index is -0.851. The molecule has 0 amide bonds. The number of carbonyl (C=O) groups excluding carboxylic acids is 1. The molecule has 0 aliphatic rings. The summed E-state index contributed by atoms with van der Waals surface area (Å²) in [6.45, 7) is 7.01. The average Bonchev–Trinajstić information content (AvgIpc) is 2.23. The van der Waals surface area contributed by atoms with Gasteiger partial charge >= 0.3 is 5.97 Å². The average molecular weight is 214 g/mol. The molecule has 0 saturated heterocycles. The van der Waals surface area contributed by atoms with Crippen LogP contribution in [0.1, 0.15) is 19.3 Å². The topological polar surface area (TPSA) is 66.8 Å². The maximum absolute atomic E-state index is 11.0. The molecule has 0 aliphatic carbocycles. The van der Waals surface area contributed by atoms with Gasteiger partial charge in [0.2, 0.25) is 0 Å².